The minimum absolute atomic E-state index is 0.107. The highest BCUT2D eigenvalue weighted by Gasteiger charge is 2.36. The molecular weight excluding hydrogens is 569 g/mol. The molecule has 132 valence electrons. The predicted molar refractivity (Wildman–Crippen MR) is 109 cm³/mol. The van der Waals surface area contributed by atoms with Gasteiger partial charge in [0.2, 0.25) is 0 Å². The highest BCUT2D eigenvalue weighted by atomic mass is 127. The summed E-state index contributed by atoms with van der Waals surface area (Å²) in [4.78, 5) is 37.7. The van der Waals surface area contributed by atoms with Gasteiger partial charge in [-0.25, -0.2) is 14.1 Å². The van der Waals surface area contributed by atoms with Crippen LogP contribution in [0.1, 0.15) is 5.56 Å². The van der Waals surface area contributed by atoms with Crippen molar-refractivity contribution >= 4 is 74.8 Å². The number of urea groups is 1. The van der Waals surface area contributed by atoms with Gasteiger partial charge in [0.25, 0.3) is 11.8 Å². The van der Waals surface area contributed by atoms with Gasteiger partial charge < -0.3 is 5.11 Å². The minimum atomic E-state index is -0.904. The number of rotatable bonds is 2. The normalized spacial score (nSPS) is 16.2. The van der Waals surface area contributed by atoms with E-state index in [4.69, 9.17) is 0 Å². The summed E-state index contributed by atoms with van der Waals surface area (Å²) < 4.78 is 14.2. The Labute approximate surface area is 174 Å². The zero-order valence-electron chi connectivity index (χ0n) is 12.8. The molecule has 1 aliphatic rings. The third-order valence-corrected chi connectivity index (χ3v) is 5.18. The van der Waals surface area contributed by atoms with Crippen LogP contribution in [0.5, 0.6) is 5.75 Å². The van der Waals surface area contributed by atoms with E-state index in [1.807, 2.05) is 45.2 Å². The van der Waals surface area contributed by atoms with Crippen molar-refractivity contribution in [2.45, 2.75) is 0 Å². The van der Waals surface area contributed by atoms with E-state index in [2.05, 4.69) is 5.32 Å². The Balaban J connectivity index is 2.04. The molecule has 2 aromatic rings. The predicted octanol–water partition coefficient (Wildman–Crippen LogP) is 3.41. The molecule has 1 heterocycles. The zero-order chi connectivity index (χ0) is 19.0. The highest BCUT2D eigenvalue weighted by molar-refractivity contribution is 14.1. The Hall–Kier alpha value is -2.02. The van der Waals surface area contributed by atoms with Crippen molar-refractivity contribution in [2.24, 2.45) is 0 Å². The van der Waals surface area contributed by atoms with Crippen LogP contribution in [0, 0.1) is 13.0 Å². The number of imide groups is 2. The molecule has 0 bridgehead atoms. The fourth-order valence-corrected chi connectivity index (χ4v) is 4.13. The Kier molecular flexibility index (Phi) is 5.27. The molecule has 2 N–H and O–H groups in total. The van der Waals surface area contributed by atoms with Crippen molar-refractivity contribution in [3.63, 3.8) is 0 Å². The molecule has 0 aromatic heterocycles. The van der Waals surface area contributed by atoms with Gasteiger partial charge in [0.15, 0.2) is 0 Å². The fraction of sp³-hybridized carbons (Fsp3) is 0. The second-order valence-corrected chi connectivity index (χ2v) is 7.59. The number of hydrogen-bond donors (Lipinski definition) is 2. The van der Waals surface area contributed by atoms with Gasteiger partial charge in [-0.15, -0.1) is 0 Å². The number of barbiturate groups is 1. The number of phenols is 1. The van der Waals surface area contributed by atoms with E-state index in [1.165, 1.54) is 18.2 Å². The van der Waals surface area contributed by atoms with Crippen molar-refractivity contribution in [3.8, 4) is 5.75 Å². The lowest BCUT2D eigenvalue weighted by Gasteiger charge is -2.26. The smallest absolute Gasteiger partial charge is 0.335 e. The molecule has 1 saturated heterocycles. The summed E-state index contributed by atoms with van der Waals surface area (Å²) in [5.74, 6) is -2.05. The second kappa shape index (κ2) is 7.31. The molecule has 0 atom stereocenters. The molecule has 0 radical (unpaired) electrons. The quantitative estimate of drug-likeness (QED) is 0.325. The first kappa shape index (κ1) is 18.8. The molecule has 0 unspecified atom stereocenters. The Morgan fingerprint density at radius 2 is 1.62 bits per heavy atom. The van der Waals surface area contributed by atoms with Gasteiger partial charge in [-0.2, -0.15) is 0 Å². The van der Waals surface area contributed by atoms with Crippen molar-refractivity contribution in [1.29, 1.82) is 0 Å². The van der Waals surface area contributed by atoms with Crippen LogP contribution >= 0.6 is 45.2 Å². The third kappa shape index (κ3) is 3.58. The average molecular weight is 578 g/mol. The molecular formula is C17H9FI2N2O4. The van der Waals surface area contributed by atoms with Crippen LogP contribution in [0.3, 0.4) is 0 Å². The molecule has 1 fully saturated rings. The lowest BCUT2D eigenvalue weighted by atomic mass is 10.1. The summed E-state index contributed by atoms with van der Waals surface area (Å²) in [6.07, 6.45) is 1.34. The van der Waals surface area contributed by atoms with Crippen molar-refractivity contribution in [1.82, 2.24) is 5.32 Å². The summed E-state index contributed by atoms with van der Waals surface area (Å²) in [6.45, 7) is 0. The number of aromatic hydroxyl groups is 1. The van der Waals surface area contributed by atoms with E-state index < -0.39 is 23.7 Å². The molecule has 2 aromatic carbocycles. The SMILES string of the molecule is O=C1NC(=O)N(c2ccc(F)cc2)C(=O)/C1=C/c1cc(I)c(O)c(I)c1. The average Bonchev–Trinajstić information content (AvgIpc) is 2.58. The molecule has 0 aliphatic carbocycles. The monoisotopic (exact) mass is 578 g/mol. The number of hydrogen-bond acceptors (Lipinski definition) is 4. The highest BCUT2D eigenvalue weighted by Crippen LogP contribution is 2.29. The number of amides is 4. The van der Waals surface area contributed by atoms with E-state index in [9.17, 15) is 23.9 Å². The van der Waals surface area contributed by atoms with Gasteiger partial charge in [0.1, 0.15) is 17.1 Å². The maximum atomic E-state index is 13.1. The summed E-state index contributed by atoms with van der Waals surface area (Å²) in [6, 6.07) is 7.06. The van der Waals surface area contributed by atoms with Crippen LogP contribution in [0.4, 0.5) is 14.9 Å². The van der Waals surface area contributed by atoms with Crippen LogP contribution in [0.25, 0.3) is 6.08 Å². The zero-order valence-corrected chi connectivity index (χ0v) is 17.1. The summed E-state index contributed by atoms with van der Waals surface area (Å²) in [7, 11) is 0. The number of halogens is 3. The van der Waals surface area contributed by atoms with E-state index in [0.717, 1.165) is 17.0 Å². The summed E-state index contributed by atoms with van der Waals surface area (Å²) in [5, 5.41) is 11.9. The maximum absolute atomic E-state index is 13.1. The number of carbonyl (C=O) groups is 3. The first-order valence-electron chi connectivity index (χ1n) is 7.13. The first-order chi connectivity index (χ1) is 12.3. The largest absolute Gasteiger partial charge is 0.506 e. The van der Waals surface area contributed by atoms with Gasteiger partial charge in [0.05, 0.1) is 12.8 Å². The number of nitrogens with zero attached hydrogens (tertiary/aromatic N) is 1. The number of anilines is 1. The van der Waals surface area contributed by atoms with E-state index >= 15 is 0 Å². The number of phenolic OH excluding ortho intramolecular Hbond substituents is 1. The van der Waals surface area contributed by atoms with Crippen LogP contribution in [-0.4, -0.2) is 23.0 Å². The summed E-state index contributed by atoms with van der Waals surface area (Å²) >= 11 is 3.86. The molecule has 4 amide bonds. The van der Waals surface area contributed by atoms with Crippen LogP contribution in [0.15, 0.2) is 42.0 Å². The lowest BCUT2D eigenvalue weighted by Crippen LogP contribution is -2.54. The van der Waals surface area contributed by atoms with Crippen molar-refractivity contribution in [2.75, 3.05) is 4.90 Å². The Morgan fingerprint density at radius 1 is 1.04 bits per heavy atom. The van der Waals surface area contributed by atoms with E-state index in [-0.39, 0.29) is 17.0 Å². The topological polar surface area (TPSA) is 86.7 Å². The van der Waals surface area contributed by atoms with Crippen LogP contribution in [-0.2, 0) is 9.59 Å². The lowest BCUT2D eigenvalue weighted by molar-refractivity contribution is -0.122. The van der Waals surface area contributed by atoms with E-state index in [0.29, 0.717) is 12.7 Å². The third-order valence-electron chi connectivity index (χ3n) is 3.54. The van der Waals surface area contributed by atoms with Gasteiger partial charge in [-0.1, -0.05) is 0 Å². The first-order valence-corrected chi connectivity index (χ1v) is 9.28. The molecule has 26 heavy (non-hydrogen) atoms. The van der Waals surface area contributed by atoms with Gasteiger partial charge in [-0.3, -0.25) is 14.9 Å². The number of carbonyl (C=O) groups excluding carboxylic acids is 3. The number of nitrogens with one attached hydrogen (secondary N) is 1. The van der Waals surface area contributed by atoms with Crippen molar-refractivity contribution < 1.29 is 23.9 Å². The van der Waals surface area contributed by atoms with Crippen LogP contribution < -0.4 is 10.2 Å². The van der Waals surface area contributed by atoms with Crippen molar-refractivity contribution in [3.05, 3.63) is 60.5 Å². The molecule has 3 rings (SSSR count). The molecule has 6 nitrogen and oxygen atoms in total. The van der Waals surface area contributed by atoms with E-state index in [1.54, 1.807) is 12.1 Å². The van der Waals surface area contributed by atoms with Gasteiger partial charge in [0, 0.05) is 0 Å². The molecule has 1 aliphatic heterocycles. The number of benzene rings is 2. The fourth-order valence-electron chi connectivity index (χ4n) is 2.32. The maximum Gasteiger partial charge on any atom is 0.335 e. The molecule has 0 spiro atoms. The standard InChI is InChI=1S/C17H9FI2N2O4/c18-9-1-3-10(4-2-9)22-16(25)11(15(24)21-17(22)26)5-8-6-12(19)14(23)13(20)7-8/h1-7,23H,(H,21,24,26)/b11-5+. The minimum Gasteiger partial charge on any atom is -0.506 e. The Bertz CT molecular complexity index is 950. The molecule has 0 saturated carbocycles. The van der Waals surface area contributed by atoms with Gasteiger partial charge in [-0.05, 0) is 93.2 Å². The van der Waals surface area contributed by atoms with Crippen LogP contribution in [0.2, 0.25) is 0 Å². The molecule has 9 heteroatoms. The second-order valence-electron chi connectivity index (χ2n) is 5.27. The summed E-state index contributed by atoms with van der Waals surface area (Å²) in [5.41, 5.74) is 0.414. The Morgan fingerprint density at radius 3 is 2.19 bits per heavy atom. The van der Waals surface area contributed by atoms with Gasteiger partial charge >= 0.3 is 6.03 Å².